The number of nitrogens with zero attached hydrogens (tertiary/aromatic N) is 2. The first-order valence-electron chi connectivity index (χ1n) is 7.52. The molecule has 0 saturated carbocycles. The Bertz CT molecular complexity index is 454. The summed E-state index contributed by atoms with van der Waals surface area (Å²) in [6.07, 6.45) is 3.18. The van der Waals surface area contributed by atoms with Crippen molar-refractivity contribution in [3.63, 3.8) is 0 Å². The monoisotopic (exact) mass is 339 g/mol. The van der Waals surface area contributed by atoms with Crippen LogP contribution in [0.15, 0.2) is 16.7 Å². The molecule has 112 valence electrons. The van der Waals surface area contributed by atoms with Crippen molar-refractivity contribution in [2.45, 2.75) is 40.7 Å². The number of hydrogen-bond acceptors (Lipinski definition) is 3. The number of rotatable bonds is 4. The van der Waals surface area contributed by atoms with Gasteiger partial charge in [-0.05, 0) is 46.3 Å². The van der Waals surface area contributed by atoms with Crippen molar-refractivity contribution in [3.8, 4) is 0 Å². The van der Waals surface area contributed by atoms with Crippen molar-refractivity contribution in [1.82, 2.24) is 10.3 Å². The minimum absolute atomic E-state index is 0.381. The van der Waals surface area contributed by atoms with E-state index in [0.29, 0.717) is 5.41 Å². The molecule has 0 aliphatic carbocycles. The number of anilines is 1. The average Bonchev–Trinajstić information content (AvgIpc) is 2.85. The molecule has 1 aliphatic heterocycles. The molecule has 1 fully saturated rings. The van der Waals surface area contributed by atoms with Crippen molar-refractivity contribution < 1.29 is 0 Å². The summed E-state index contributed by atoms with van der Waals surface area (Å²) in [7, 11) is 0. The maximum absolute atomic E-state index is 4.67. The fourth-order valence-corrected chi connectivity index (χ4v) is 3.19. The summed E-state index contributed by atoms with van der Waals surface area (Å²) in [5.41, 5.74) is 1.67. The Balaban J connectivity index is 2.16. The third kappa shape index (κ3) is 3.73. The molecule has 0 radical (unpaired) electrons. The molecule has 2 rings (SSSR count). The lowest BCUT2D eigenvalue weighted by Gasteiger charge is -2.27. The van der Waals surface area contributed by atoms with Gasteiger partial charge in [-0.15, -0.1) is 0 Å². The first kappa shape index (κ1) is 15.8. The van der Waals surface area contributed by atoms with E-state index in [1.165, 1.54) is 12.0 Å². The highest BCUT2D eigenvalue weighted by Gasteiger charge is 2.32. The summed E-state index contributed by atoms with van der Waals surface area (Å²) < 4.78 is 1.06. The summed E-state index contributed by atoms with van der Waals surface area (Å²) in [4.78, 5) is 7.12. The SMILES string of the molecule is CCNCc1cc(Br)cnc1N1CCC(C(C)(C)C)C1. The van der Waals surface area contributed by atoms with Crippen molar-refractivity contribution in [2.24, 2.45) is 11.3 Å². The molecular formula is C16H26BrN3. The standard InChI is InChI=1S/C16H26BrN3/c1-5-18-9-12-8-14(17)10-19-15(12)20-7-6-13(11-20)16(2,3)4/h8,10,13,18H,5-7,9,11H2,1-4H3. The van der Waals surface area contributed by atoms with E-state index in [1.807, 2.05) is 6.20 Å². The molecule has 1 atom stereocenters. The average molecular weight is 340 g/mol. The fraction of sp³-hybridized carbons (Fsp3) is 0.688. The lowest BCUT2D eigenvalue weighted by molar-refractivity contribution is 0.263. The van der Waals surface area contributed by atoms with Crippen LogP contribution in [-0.4, -0.2) is 24.6 Å². The van der Waals surface area contributed by atoms with E-state index < -0.39 is 0 Å². The van der Waals surface area contributed by atoms with Gasteiger partial charge in [0.05, 0.1) is 0 Å². The molecular weight excluding hydrogens is 314 g/mol. The maximum Gasteiger partial charge on any atom is 0.133 e. The van der Waals surface area contributed by atoms with Crippen LogP contribution in [0, 0.1) is 11.3 Å². The Morgan fingerprint density at radius 3 is 2.80 bits per heavy atom. The number of nitrogens with one attached hydrogen (secondary N) is 1. The van der Waals surface area contributed by atoms with E-state index in [4.69, 9.17) is 0 Å². The highest BCUT2D eigenvalue weighted by Crippen LogP contribution is 2.36. The summed E-state index contributed by atoms with van der Waals surface area (Å²) >= 11 is 3.53. The van der Waals surface area contributed by atoms with E-state index in [9.17, 15) is 0 Å². The Hall–Kier alpha value is -0.610. The van der Waals surface area contributed by atoms with Crippen LogP contribution < -0.4 is 10.2 Å². The van der Waals surface area contributed by atoms with Crippen LogP contribution in [0.1, 0.15) is 39.7 Å². The third-order valence-electron chi connectivity index (χ3n) is 4.19. The minimum Gasteiger partial charge on any atom is -0.356 e. The molecule has 4 heteroatoms. The zero-order valence-electron chi connectivity index (χ0n) is 13.0. The van der Waals surface area contributed by atoms with E-state index >= 15 is 0 Å². The lowest BCUT2D eigenvalue weighted by atomic mass is 9.80. The fourth-order valence-electron chi connectivity index (χ4n) is 2.81. The zero-order chi connectivity index (χ0) is 14.8. The number of aromatic nitrogens is 1. The van der Waals surface area contributed by atoms with Crippen LogP contribution in [0.4, 0.5) is 5.82 Å². The van der Waals surface area contributed by atoms with Gasteiger partial charge in [-0.3, -0.25) is 0 Å². The summed E-state index contributed by atoms with van der Waals surface area (Å²) in [6, 6.07) is 2.19. The van der Waals surface area contributed by atoms with Gasteiger partial charge < -0.3 is 10.2 Å². The van der Waals surface area contributed by atoms with Crippen LogP contribution in [-0.2, 0) is 6.54 Å². The van der Waals surface area contributed by atoms with Gasteiger partial charge in [-0.25, -0.2) is 4.98 Å². The molecule has 1 aromatic heterocycles. The van der Waals surface area contributed by atoms with Crippen molar-refractivity contribution >= 4 is 21.7 Å². The quantitative estimate of drug-likeness (QED) is 0.903. The molecule has 0 aromatic carbocycles. The Morgan fingerprint density at radius 2 is 2.20 bits per heavy atom. The van der Waals surface area contributed by atoms with Gasteiger partial charge in [0.1, 0.15) is 5.82 Å². The first-order valence-corrected chi connectivity index (χ1v) is 8.31. The summed E-state index contributed by atoms with van der Waals surface area (Å²) in [5.74, 6) is 1.90. The van der Waals surface area contributed by atoms with Crippen LogP contribution >= 0.6 is 15.9 Å². The van der Waals surface area contributed by atoms with Crippen LogP contribution in [0.3, 0.4) is 0 Å². The second-order valence-electron chi connectivity index (χ2n) is 6.71. The molecule has 20 heavy (non-hydrogen) atoms. The van der Waals surface area contributed by atoms with Crippen molar-refractivity contribution in [2.75, 3.05) is 24.5 Å². The molecule has 0 bridgehead atoms. The van der Waals surface area contributed by atoms with Gasteiger partial charge in [0, 0.05) is 35.9 Å². The summed E-state index contributed by atoms with van der Waals surface area (Å²) in [5, 5.41) is 3.41. The molecule has 1 aliphatic rings. The van der Waals surface area contributed by atoms with Gasteiger partial charge >= 0.3 is 0 Å². The Morgan fingerprint density at radius 1 is 1.45 bits per heavy atom. The molecule has 3 nitrogen and oxygen atoms in total. The van der Waals surface area contributed by atoms with Crippen LogP contribution in [0.5, 0.6) is 0 Å². The molecule has 0 spiro atoms. The third-order valence-corrected chi connectivity index (χ3v) is 4.62. The predicted octanol–water partition coefficient (Wildman–Crippen LogP) is 3.83. The zero-order valence-corrected chi connectivity index (χ0v) is 14.6. The summed E-state index contributed by atoms with van der Waals surface area (Å²) in [6.45, 7) is 13.3. The largest absolute Gasteiger partial charge is 0.356 e. The smallest absolute Gasteiger partial charge is 0.133 e. The lowest BCUT2D eigenvalue weighted by Crippen LogP contribution is -2.27. The topological polar surface area (TPSA) is 28.2 Å². The normalized spacial score (nSPS) is 19.6. The highest BCUT2D eigenvalue weighted by atomic mass is 79.9. The number of halogens is 1. The maximum atomic E-state index is 4.67. The van der Waals surface area contributed by atoms with Crippen LogP contribution in [0.2, 0.25) is 0 Å². The second kappa shape index (κ2) is 6.44. The Labute approximate surface area is 131 Å². The van der Waals surface area contributed by atoms with Crippen molar-refractivity contribution in [3.05, 3.63) is 22.3 Å². The van der Waals surface area contributed by atoms with E-state index in [2.05, 4.69) is 64.9 Å². The minimum atomic E-state index is 0.381. The molecule has 2 heterocycles. The van der Waals surface area contributed by atoms with Gasteiger partial charge in [-0.1, -0.05) is 27.7 Å². The van der Waals surface area contributed by atoms with Gasteiger partial charge in [0.2, 0.25) is 0 Å². The van der Waals surface area contributed by atoms with Gasteiger partial charge in [-0.2, -0.15) is 0 Å². The number of pyridine rings is 1. The van der Waals surface area contributed by atoms with E-state index in [0.717, 1.165) is 42.4 Å². The Kier molecular flexibility index (Phi) is 5.08. The van der Waals surface area contributed by atoms with Crippen LogP contribution in [0.25, 0.3) is 0 Å². The molecule has 1 unspecified atom stereocenters. The van der Waals surface area contributed by atoms with Crippen molar-refractivity contribution in [1.29, 1.82) is 0 Å². The molecule has 1 aromatic rings. The molecule has 1 N–H and O–H groups in total. The second-order valence-corrected chi connectivity index (χ2v) is 7.63. The highest BCUT2D eigenvalue weighted by molar-refractivity contribution is 9.10. The van der Waals surface area contributed by atoms with E-state index in [1.54, 1.807) is 0 Å². The van der Waals surface area contributed by atoms with E-state index in [-0.39, 0.29) is 0 Å². The molecule has 0 amide bonds. The van der Waals surface area contributed by atoms with Gasteiger partial charge in [0.25, 0.3) is 0 Å². The predicted molar refractivity (Wildman–Crippen MR) is 89.1 cm³/mol. The number of hydrogen-bond donors (Lipinski definition) is 1. The molecule has 1 saturated heterocycles. The van der Waals surface area contributed by atoms with Gasteiger partial charge in [0.15, 0.2) is 0 Å². The first-order chi connectivity index (χ1) is 9.41.